The standard InChI is InChI=1S/C12H18N4/c13-12(14)10-5-6-15-11(9-10)16-7-3-1-2-4-8-16/h5-6,9H,1-4,7-8H2,(H3,13,14). The monoisotopic (exact) mass is 218 g/mol. The van der Waals surface area contributed by atoms with Gasteiger partial charge in [0.2, 0.25) is 0 Å². The van der Waals surface area contributed by atoms with Crippen LogP contribution in [0, 0.1) is 5.41 Å². The SMILES string of the molecule is N=C(N)c1ccnc(N2CCCCCC2)c1. The Balaban J connectivity index is 2.18. The van der Waals surface area contributed by atoms with Gasteiger partial charge in [-0.15, -0.1) is 0 Å². The van der Waals surface area contributed by atoms with Crippen molar-refractivity contribution in [3.8, 4) is 0 Å². The molecule has 1 fully saturated rings. The Morgan fingerprint density at radius 1 is 1.25 bits per heavy atom. The number of nitrogen functional groups attached to an aromatic ring is 1. The van der Waals surface area contributed by atoms with Crippen LogP contribution in [0.15, 0.2) is 18.3 Å². The highest BCUT2D eigenvalue weighted by atomic mass is 15.2. The van der Waals surface area contributed by atoms with Crippen LogP contribution < -0.4 is 10.6 Å². The van der Waals surface area contributed by atoms with Gasteiger partial charge in [0.1, 0.15) is 11.7 Å². The van der Waals surface area contributed by atoms with Crippen molar-refractivity contribution in [3.63, 3.8) is 0 Å². The lowest BCUT2D eigenvalue weighted by Gasteiger charge is -2.21. The van der Waals surface area contributed by atoms with Crippen LogP contribution in [0.5, 0.6) is 0 Å². The summed E-state index contributed by atoms with van der Waals surface area (Å²) in [5.74, 6) is 1.06. The molecule has 4 nitrogen and oxygen atoms in total. The maximum absolute atomic E-state index is 7.42. The molecule has 1 aliphatic heterocycles. The fourth-order valence-corrected chi connectivity index (χ4v) is 2.06. The molecule has 1 aliphatic rings. The van der Waals surface area contributed by atoms with E-state index in [1.807, 2.05) is 6.07 Å². The van der Waals surface area contributed by atoms with Crippen molar-refractivity contribution in [2.45, 2.75) is 25.7 Å². The molecule has 0 amide bonds. The van der Waals surface area contributed by atoms with E-state index < -0.39 is 0 Å². The molecule has 3 N–H and O–H groups in total. The number of aromatic nitrogens is 1. The molecule has 16 heavy (non-hydrogen) atoms. The molecule has 0 radical (unpaired) electrons. The number of pyridine rings is 1. The van der Waals surface area contributed by atoms with Crippen molar-refractivity contribution in [2.24, 2.45) is 5.73 Å². The van der Waals surface area contributed by atoms with Crippen LogP contribution in [0.4, 0.5) is 5.82 Å². The number of amidine groups is 1. The Hall–Kier alpha value is -1.58. The summed E-state index contributed by atoms with van der Waals surface area (Å²) in [5.41, 5.74) is 6.24. The molecule has 0 spiro atoms. The number of nitrogens with one attached hydrogen (secondary N) is 1. The first-order valence-electron chi connectivity index (χ1n) is 5.83. The zero-order valence-corrected chi connectivity index (χ0v) is 9.45. The lowest BCUT2D eigenvalue weighted by Crippen LogP contribution is -2.25. The summed E-state index contributed by atoms with van der Waals surface area (Å²) in [5, 5.41) is 7.42. The van der Waals surface area contributed by atoms with Gasteiger partial charge in [-0.1, -0.05) is 12.8 Å². The van der Waals surface area contributed by atoms with E-state index in [1.54, 1.807) is 12.3 Å². The quantitative estimate of drug-likeness (QED) is 0.587. The Bertz CT molecular complexity index is 367. The second kappa shape index (κ2) is 4.96. The number of hydrogen-bond acceptors (Lipinski definition) is 3. The maximum Gasteiger partial charge on any atom is 0.129 e. The number of nitrogens with two attached hydrogens (primary N) is 1. The number of hydrogen-bond donors (Lipinski definition) is 2. The number of nitrogens with zero attached hydrogens (tertiary/aromatic N) is 2. The molecule has 0 bridgehead atoms. The van der Waals surface area contributed by atoms with Crippen molar-refractivity contribution >= 4 is 11.7 Å². The van der Waals surface area contributed by atoms with Gasteiger partial charge in [-0.2, -0.15) is 0 Å². The van der Waals surface area contributed by atoms with Gasteiger partial charge in [0.25, 0.3) is 0 Å². The minimum absolute atomic E-state index is 0.110. The first kappa shape index (κ1) is 10.9. The van der Waals surface area contributed by atoms with Crippen LogP contribution in [0.2, 0.25) is 0 Å². The fraction of sp³-hybridized carbons (Fsp3) is 0.500. The largest absolute Gasteiger partial charge is 0.384 e. The van der Waals surface area contributed by atoms with Crippen molar-refractivity contribution in [1.82, 2.24) is 4.98 Å². The summed E-state index contributed by atoms with van der Waals surface area (Å²) in [6, 6.07) is 3.69. The third-order valence-electron chi connectivity index (χ3n) is 2.99. The maximum atomic E-state index is 7.42. The molecular weight excluding hydrogens is 200 g/mol. The predicted molar refractivity (Wildman–Crippen MR) is 65.9 cm³/mol. The molecule has 1 saturated heterocycles. The van der Waals surface area contributed by atoms with Crippen molar-refractivity contribution in [1.29, 1.82) is 5.41 Å². The molecule has 1 aromatic heterocycles. The van der Waals surface area contributed by atoms with Gasteiger partial charge in [-0.3, -0.25) is 5.41 Å². The average molecular weight is 218 g/mol. The second-order valence-corrected chi connectivity index (χ2v) is 4.22. The fourth-order valence-electron chi connectivity index (χ4n) is 2.06. The number of rotatable bonds is 2. The van der Waals surface area contributed by atoms with Gasteiger partial charge < -0.3 is 10.6 Å². The highest BCUT2D eigenvalue weighted by molar-refractivity contribution is 5.95. The smallest absolute Gasteiger partial charge is 0.129 e. The molecule has 86 valence electrons. The van der Waals surface area contributed by atoms with Crippen LogP contribution in [0.25, 0.3) is 0 Å². The minimum atomic E-state index is 0.110. The van der Waals surface area contributed by atoms with Crippen LogP contribution >= 0.6 is 0 Å². The van der Waals surface area contributed by atoms with E-state index in [2.05, 4.69) is 9.88 Å². The van der Waals surface area contributed by atoms with Gasteiger partial charge in [-0.25, -0.2) is 4.98 Å². The molecule has 0 aromatic carbocycles. The first-order valence-corrected chi connectivity index (χ1v) is 5.83. The third kappa shape index (κ3) is 2.51. The van der Waals surface area contributed by atoms with Gasteiger partial charge in [-0.05, 0) is 25.0 Å². The minimum Gasteiger partial charge on any atom is -0.384 e. The van der Waals surface area contributed by atoms with Crippen LogP contribution in [0.1, 0.15) is 31.2 Å². The summed E-state index contributed by atoms with van der Waals surface area (Å²) in [4.78, 5) is 6.65. The van der Waals surface area contributed by atoms with Crippen LogP contribution in [-0.2, 0) is 0 Å². The molecular formula is C12H18N4. The zero-order valence-electron chi connectivity index (χ0n) is 9.45. The van der Waals surface area contributed by atoms with Gasteiger partial charge in [0, 0.05) is 24.8 Å². The molecule has 0 saturated carbocycles. The zero-order chi connectivity index (χ0) is 11.4. The van der Waals surface area contributed by atoms with Gasteiger partial charge in [0.05, 0.1) is 0 Å². The summed E-state index contributed by atoms with van der Waals surface area (Å²) < 4.78 is 0. The predicted octanol–water partition coefficient (Wildman–Crippen LogP) is 1.75. The Morgan fingerprint density at radius 2 is 1.94 bits per heavy atom. The molecule has 4 heteroatoms. The van der Waals surface area contributed by atoms with Crippen molar-refractivity contribution in [2.75, 3.05) is 18.0 Å². The molecule has 1 aromatic rings. The molecule has 0 aliphatic carbocycles. The normalized spacial score (nSPS) is 16.9. The average Bonchev–Trinajstić information content (AvgIpc) is 2.57. The highest BCUT2D eigenvalue weighted by Gasteiger charge is 2.11. The molecule has 0 unspecified atom stereocenters. The summed E-state index contributed by atoms with van der Waals surface area (Å²) in [7, 11) is 0. The summed E-state index contributed by atoms with van der Waals surface area (Å²) >= 11 is 0. The van der Waals surface area contributed by atoms with Crippen molar-refractivity contribution < 1.29 is 0 Å². The van der Waals surface area contributed by atoms with E-state index >= 15 is 0 Å². The molecule has 0 atom stereocenters. The summed E-state index contributed by atoms with van der Waals surface area (Å²) in [6.45, 7) is 2.13. The molecule has 2 rings (SSSR count). The van der Waals surface area contributed by atoms with E-state index in [-0.39, 0.29) is 5.84 Å². The lowest BCUT2D eigenvalue weighted by molar-refractivity contribution is 0.726. The van der Waals surface area contributed by atoms with E-state index in [0.29, 0.717) is 0 Å². The molecule has 2 heterocycles. The van der Waals surface area contributed by atoms with Crippen molar-refractivity contribution in [3.05, 3.63) is 23.9 Å². The van der Waals surface area contributed by atoms with E-state index in [0.717, 1.165) is 24.5 Å². The topological polar surface area (TPSA) is 66.0 Å². The van der Waals surface area contributed by atoms with E-state index in [1.165, 1.54) is 25.7 Å². The Labute approximate surface area is 96.0 Å². The number of anilines is 1. The summed E-state index contributed by atoms with van der Waals surface area (Å²) in [6.07, 6.45) is 6.81. The highest BCUT2D eigenvalue weighted by Crippen LogP contribution is 2.17. The van der Waals surface area contributed by atoms with Crippen LogP contribution in [0.3, 0.4) is 0 Å². The van der Waals surface area contributed by atoms with Gasteiger partial charge >= 0.3 is 0 Å². The van der Waals surface area contributed by atoms with E-state index in [4.69, 9.17) is 11.1 Å². The Kier molecular flexibility index (Phi) is 3.39. The first-order chi connectivity index (χ1) is 7.77. The second-order valence-electron chi connectivity index (χ2n) is 4.22. The Morgan fingerprint density at radius 3 is 2.56 bits per heavy atom. The lowest BCUT2D eigenvalue weighted by atomic mass is 10.2. The van der Waals surface area contributed by atoms with Gasteiger partial charge in [0.15, 0.2) is 0 Å². The van der Waals surface area contributed by atoms with E-state index in [9.17, 15) is 0 Å². The third-order valence-corrected chi connectivity index (χ3v) is 2.99. The van der Waals surface area contributed by atoms with Crippen LogP contribution in [-0.4, -0.2) is 23.9 Å².